The molecule has 1 aliphatic rings. The maximum atomic E-state index is 11.8. The largest absolute Gasteiger partial charge is 0.465 e. The van der Waals surface area contributed by atoms with E-state index in [4.69, 9.17) is 14.2 Å². The normalized spacial score (nSPS) is 26.4. The Morgan fingerprint density at radius 3 is 2.87 bits per heavy atom. The molecule has 1 heterocycles. The van der Waals surface area contributed by atoms with E-state index in [9.17, 15) is 9.59 Å². The summed E-state index contributed by atoms with van der Waals surface area (Å²) in [7, 11) is 1.45. The number of esters is 1. The molecule has 5 nitrogen and oxygen atoms in total. The van der Waals surface area contributed by atoms with Crippen LogP contribution in [0.3, 0.4) is 0 Å². The predicted octanol–water partition coefficient (Wildman–Crippen LogP) is 0.172. The summed E-state index contributed by atoms with van der Waals surface area (Å²) in [4.78, 5) is 23.5. The van der Waals surface area contributed by atoms with Crippen LogP contribution in [0.25, 0.3) is 0 Å². The average Bonchev–Trinajstić information content (AvgIpc) is 2.22. The van der Waals surface area contributed by atoms with Crippen LogP contribution in [-0.2, 0) is 23.8 Å². The van der Waals surface area contributed by atoms with E-state index in [1.165, 1.54) is 7.11 Å². The van der Waals surface area contributed by atoms with Crippen LogP contribution < -0.4 is 0 Å². The lowest BCUT2D eigenvalue weighted by atomic mass is 9.82. The molecule has 1 fully saturated rings. The van der Waals surface area contributed by atoms with Gasteiger partial charge in [0.05, 0.1) is 26.4 Å². The zero-order chi connectivity index (χ0) is 11.3. The average molecular weight is 216 g/mol. The van der Waals surface area contributed by atoms with Gasteiger partial charge in [0.2, 0.25) is 0 Å². The van der Waals surface area contributed by atoms with E-state index in [1.54, 1.807) is 6.92 Å². The second kappa shape index (κ2) is 5.23. The number of carbonyl (C=O) groups is 2. The third kappa shape index (κ3) is 2.35. The molecule has 0 radical (unpaired) electrons. The Bertz CT molecular complexity index is 246. The molecule has 15 heavy (non-hydrogen) atoms. The molecule has 0 saturated carbocycles. The molecule has 1 atom stereocenters. The van der Waals surface area contributed by atoms with E-state index in [1.807, 2.05) is 0 Å². The minimum atomic E-state index is -1.25. The number of rotatable bonds is 4. The molecule has 1 saturated heterocycles. The fourth-order valence-corrected chi connectivity index (χ4v) is 1.60. The van der Waals surface area contributed by atoms with Crippen LogP contribution in [0.5, 0.6) is 0 Å². The first-order valence-corrected chi connectivity index (χ1v) is 4.94. The van der Waals surface area contributed by atoms with Crippen molar-refractivity contribution in [1.82, 2.24) is 0 Å². The molecule has 0 aliphatic carbocycles. The van der Waals surface area contributed by atoms with E-state index in [0.717, 1.165) is 0 Å². The van der Waals surface area contributed by atoms with Crippen molar-refractivity contribution in [1.29, 1.82) is 0 Å². The van der Waals surface area contributed by atoms with Gasteiger partial charge < -0.3 is 14.2 Å². The molecule has 0 aromatic carbocycles. The molecule has 0 amide bonds. The Hall–Kier alpha value is -0.940. The van der Waals surface area contributed by atoms with E-state index < -0.39 is 11.4 Å². The number of methoxy groups -OCH3 is 1. The van der Waals surface area contributed by atoms with Gasteiger partial charge in [0.15, 0.2) is 11.2 Å². The molecular weight excluding hydrogens is 200 g/mol. The Morgan fingerprint density at radius 1 is 1.60 bits per heavy atom. The minimum absolute atomic E-state index is 0.0185. The summed E-state index contributed by atoms with van der Waals surface area (Å²) in [6, 6.07) is 0. The first-order valence-electron chi connectivity index (χ1n) is 4.94. The fraction of sp³-hybridized carbons (Fsp3) is 0.800. The zero-order valence-corrected chi connectivity index (χ0v) is 9.08. The van der Waals surface area contributed by atoms with Crippen LogP contribution in [0.2, 0.25) is 0 Å². The van der Waals surface area contributed by atoms with Crippen molar-refractivity contribution in [2.75, 3.05) is 33.5 Å². The lowest BCUT2D eigenvalue weighted by molar-refractivity contribution is -0.173. The van der Waals surface area contributed by atoms with Gasteiger partial charge in [-0.05, 0) is 6.92 Å². The molecule has 86 valence electrons. The van der Waals surface area contributed by atoms with Crippen molar-refractivity contribution in [3.63, 3.8) is 0 Å². The highest BCUT2D eigenvalue weighted by Gasteiger charge is 2.49. The van der Waals surface area contributed by atoms with Crippen LogP contribution in [-0.4, -0.2) is 45.3 Å². The molecule has 0 aromatic heterocycles. The Labute approximate surface area is 88.7 Å². The highest BCUT2D eigenvalue weighted by atomic mass is 16.5. The van der Waals surface area contributed by atoms with Crippen LogP contribution in [0.4, 0.5) is 0 Å². The summed E-state index contributed by atoms with van der Waals surface area (Å²) in [6.07, 6.45) is 0.238. The molecule has 0 aromatic rings. The second-order valence-electron chi connectivity index (χ2n) is 3.46. The summed E-state index contributed by atoms with van der Waals surface area (Å²) in [5.41, 5.74) is -1.25. The van der Waals surface area contributed by atoms with E-state index >= 15 is 0 Å². The smallest absolute Gasteiger partial charge is 0.324 e. The first kappa shape index (κ1) is 12.1. The van der Waals surface area contributed by atoms with Gasteiger partial charge in [-0.3, -0.25) is 9.59 Å². The van der Waals surface area contributed by atoms with Crippen molar-refractivity contribution in [3.8, 4) is 0 Å². The molecule has 1 rings (SSSR count). The van der Waals surface area contributed by atoms with Gasteiger partial charge >= 0.3 is 5.97 Å². The standard InChI is InChI=1S/C10H16O5/c1-3-15-9(12)10(6-13-2)7-14-5-4-8(10)11/h3-7H2,1-2H3. The van der Waals surface area contributed by atoms with Gasteiger partial charge in [-0.2, -0.15) is 0 Å². The summed E-state index contributed by atoms with van der Waals surface area (Å²) >= 11 is 0. The van der Waals surface area contributed by atoms with Crippen molar-refractivity contribution < 1.29 is 23.8 Å². The minimum Gasteiger partial charge on any atom is -0.465 e. The quantitative estimate of drug-likeness (QED) is 0.495. The summed E-state index contributed by atoms with van der Waals surface area (Å²) in [5, 5.41) is 0. The van der Waals surface area contributed by atoms with Gasteiger partial charge in [0, 0.05) is 13.5 Å². The first-order chi connectivity index (χ1) is 7.17. The molecule has 5 heteroatoms. The fourth-order valence-electron chi connectivity index (χ4n) is 1.60. The number of ether oxygens (including phenoxy) is 3. The van der Waals surface area contributed by atoms with Crippen LogP contribution in [0.15, 0.2) is 0 Å². The van der Waals surface area contributed by atoms with E-state index in [0.29, 0.717) is 6.61 Å². The Kier molecular flexibility index (Phi) is 4.23. The van der Waals surface area contributed by atoms with Crippen molar-refractivity contribution in [2.45, 2.75) is 13.3 Å². The van der Waals surface area contributed by atoms with E-state index in [-0.39, 0.29) is 32.0 Å². The summed E-state index contributed by atoms with van der Waals surface area (Å²) < 4.78 is 15.0. The van der Waals surface area contributed by atoms with Crippen molar-refractivity contribution >= 4 is 11.8 Å². The van der Waals surface area contributed by atoms with Gasteiger partial charge in [0.1, 0.15) is 0 Å². The van der Waals surface area contributed by atoms with Crippen LogP contribution >= 0.6 is 0 Å². The number of ketones is 1. The van der Waals surface area contributed by atoms with Crippen molar-refractivity contribution in [3.05, 3.63) is 0 Å². The third-order valence-electron chi connectivity index (χ3n) is 2.41. The number of hydrogen-bond donors (Lipinski definition) is 0. The molecule has 0 spiro atoms. The van der Waals surface area contributed by atoms with Crippen molar-refractivity contribution in [2.24, 2.45) is 5.41 Å². The Morgan fingerprint density at radius 2 is 2.33 bits per heavy atom. The molecule has 0 N–H and O–H groups in total. The maximum absolute atomic E-state index is 11.8. The molecular formula is C10H16O5. The zero-order valence-electron chi connectivity index (χ0n) is 9.08. The predicted molar refractivity (Wildman–Crippen MR) is 51.4 cm³/mol. The topological polar surface area (TPSA) is 61.8 Å². The van der Waals surface area contributed by atoms with Gasteiger partial charge in [-0.1, -0.05) is 0 Å². The SMILES string of the molecule is CCOC(=O)C1(COC)COCCC1=O. The van der Waals surface area contributed by atoms with Crippen LogP contribution in [0, 0.1) is 5.41 Å². The van der Waals surface area contributed by atoms with Gasteiger partial charge in [-0.15, -0.1) is 0 Å². The van der Waals surface area contributed by atoms with E-state index in [2.05, 4.69) is 0 Å². The second-order valence-corrected chi connectivity index (χ2v) is 3.46. The monoisotopic (exact) mass is 216 g/mol. The van der Waals surface area contributed by atoms with Gasteiger partial charge in [-0.25, -0.2) is 0 Å². The molecule has 1 aliphatic heterocycles. The van der Waals surface area contributed by atoms with Gasteiger partial charge in [0.25, 0.3) is 0 Å². The highest BCUT2D eigenvalue weighted by molar-refractivity contribution is 6.04. The van der Waals surface area contributed by atoms with Crippen LogP contribution in [0.1, 0.15) is 13.3 Å². The number of carbonyl (C=O) groups excluding carboxylic acids is 2. The number of hydrogen-bond acceptors (Lipinski definition) is 5. The molecule has 1 unspecified atom stereocenters. The summed E-state index contributed by atoms with van der Waals surface area (Å²) in [6.45, 7) is 2.39. The summed E-state index contributed by atoms with van der Waals surface area (Å²) in [5.74, 6) is -0.703. The highest BCUT2D eigenvalue weighted by Crippen LogP contribution is 2.27. The Balaban J connectivity index is 2.84. The lowest BCUT2D eigenvalue weighted by Gasteiger charge is -2.32. The number of Topliss-reactive ketones (excluding diaryl/α,β-unsaturated/α-hetero) is 1. The third-order valence-corrected chi connectivity index (χ3v) is 2.41. The molecule has 0 bridgehead atoms. The lowest BCUT2D eigenvalue weighted by Crippen LogP contribution is -2.51. The maximum Gasteiger partial charge on any atom is 0.324 e.